The molecule has 0 saturated carbocycles. The van der Waals surface area contributed by atoms with Crippen molar-refractivity contribution in [2.75, 3.05) is 26.7 Å². The van der Waals surface area contributed by atoms with Gasteiger partial charge in [-0.1, -0.05) is 43.3 Å². The van der Waals surface area contributed by atoms with Gasteiger partial charge in [-0.05, 0) is 11.5 Å². The maximum Gasteiger partial charge on any atom is 0.330 e. The molecule has 0 aromatic heterocycles. The first-order valence-corrected chi connectivity index (χ1v) is 7.88. The lowest BCUT2D eigenvalue weighted by Gasteiger charge is -2.15. The van der Waals surface area contributed by atoms with Gasteiger partial charge in [0.2, 0.25) is 5.91 Å². The molecule has 1 aliphatic rings. The molecule has 1 aromatic rings. The molecule has 2 rings (SSSR count). The van der Waals surface area contributed by atoms with Gasteiger partial charge in [-0.15, -0.1) is 0 Å². The zero-order chi connectivity index (χ0) is 16.7. The van der Waals surface area contributed by atoms with Gasteiger partial charge in [-0.3, -0.25) is 9.69 Å². The minimum atomic E-state index is -0.414. The number of ether oxygens (including phenoxy) is 1. The van der Waals surface area contributed by atoms with Crippen molar-refractivity contribution in [2.45, 2.75) is 13.5 Å². The van der Waals surface area contributed by atoms with E-state index in [1.54, 1.807) is 6.08 Å². The van der Waals surface area contributed by atoms with E-state index in [9.17, 15) is 9.59 Å². The Morgan fingerprint density at radius 3 is 2.74 bits per heavy atom. The number of likely N-dealkylation sites (tertiary alicyclic amines) is 1. The first-order valence-electron chi connectivity index (χ1n) is 7.88. The van der Waals surface area contributed by atoms with E-state index >= 15 is 0 Å². The van der Waals surface area contributed by atoms with E-state index in [0.29, 0.717) is 12.5 Å². The number of carbonyl (C=O) groups excluding carboxylic acids is 2. The predicted octanol–water partition coefficient (Wildman–Crippen LogP) is 1.60. The molecule has 0 bridgehead atoms. The van der Waals surface area contributed by atoms with Gasteiger partial charge in [0.1, 0.15) is 0 Å². The van der Waals surface area contributed by atoms with E-state index in [-0.39, 0.29) is 11.8 Å². The molecule has 0 spiro atoms. The van der Waals surface area contributed by atoms with Crippen LogP contribution < -0.4 is 5.32 Å². The number of nitrogens with zero attached hydrogens (tertiary/aromatic N) is 1. The van der Waals surface area contributed by atoms with Crippen molar-refractivity contribution in [3.63, 3.8) is 0 Å². The van der Waals surface area contributed by atoms with Crippen LogP contribution in [0.4, 0.5) is 0 Å². The Balaban J connectivity index is 1.80. The molecular formula is C18H24N2O3. The highest BCUT2D eigenvalue weighted by Crippen LogP contribution is 2.24. The maximum atomic E-state index is 12.3. The molecule has 1 aromatic carbocycles. The second-order valence-electron chi connectivity index (χ2n) is 5.93. The number of esters is 1. The summed E-state index contributed by atoms with van der Waals surface area (Å²) in [5, 5.41) is 2.86. The summed E-state index contributed by atoms with van der Waals surface area (Å²) in [7, 11) is 1.33. The summed E-state index contributed by atoms with van der Waals surface area (Å²) < 4.78 is 4.50. The molecule has 1 saturated heterocycles. The van der Waals surface area contributed by atoms with Gasteiger partial charge in [0.15, 0.2) is 0 Å². The summed E-state index contributed by atoms with van der Waals surface area (Å²) in [5.74, 6) is -0.0568. The average molecular weight is 316 g/mol. The highest BCUT2D eigenvalue weighted by atomic mass is 16.5. The molecule has 23 heavy (non-hydrogen) atoms. The zero-order valence-corrected chi connectivity index (χ0v) is 13.7. The summed E-state index contributed by atoms with van der Waals surface area (Å²) in [6.45, 7) is 5.01. The smallest absolute Gasteiger partial charge is 0.330 e. The highest BCUT2D eigenvalue weighted by Gasteiger charge is 2.34. The summed E-state index contributed by atoms with van der Waals surface area (Å²) in [6.07, 6.45) is 2.92. The fourth-order valence-corrected chi connectivity index (χ4v) is 2.89. The van der Waals surface area contributed by atoms with Gasteiger partial charge in [-0.2, -0.15) is 0 Å². The molecule has 2 atom stereocenters. The van der Waals surface area contributed by atoms with Crippen LogP contribution in [0.5, 0.6) is 0 Å². The van der Waals surface area contributed by atoms with E-state index in [0.717, 1.165) is 19.6 Å². The lowest BCUT2D eigenvalue weighted by Crippen LogP contribution is -2.34. The SMILES string of the molecule is COC(=O)/C=C/CNC(=O)C1CN(Cc2ccccc2)CC1C. The first-order chi connectivity index (χ1) is 11.1. The van der Waals surface area contributed by atoms with Crippen LogP contribution in [0.3, 0.4) is 0 Å². The van der Waals surface area contributed by atoms with E-state index in [1.807, 2.05) is 18.2 Å². The van der Waals surface area contributed by atoms with Crippen LogP contribution in [0.25, 0.3) is 0 Å². The highest BCUT2D eigenvalue weighted by molar-refractivity contribution is 5.82. The molecule has 0 radical (unpaired) electrons. The topological polar surface area (TPSA) is 58.6 Å². The second-order valence-corrected chi connectivity index (χ2v) is 5.93. The van der Waals surface area contributed by atoms with Crippen LogP contribution in [-0.2, 0) is 20.9 Å². The van der Waals surface area contributed by atoms with E-state index in [4.69, 9.17) is 0 Å². The Morgan fingerprint density at radius 2 is 2.04 bits per heavy atom. The molecule has 0 aliphatic carbocycles. The van der Waals surface area contributed by atoms with Crippen LogP contribution in [0, 0.1) is 11.8 Å². The fraction of sp³-hybridized carbons (Fsp3) is 0.444. The number of rotatable bonds is 6. The fourth-order valence-electron chi connectivity index (χ4n) is 2.89. The number of nitrogens with one attached hydrogen (secondary N) is 1. The standard InChI is InChI=1S/C18H24N2O3/c1-14-11-20(12-15-7-4-3-5-8-15)13-16(14)18(22)19-10-6-9-17(21)23-2/h3-9,14,16H,10-13H2,1-2H3,(H,19,22)/b9-6+. The van der Waals surface area contributed by atoms with Gasteiger partial charge >= 0.3 is 5.97 Å². The summed E-state index contributed by atoms with van der Waals surface area (Å²) >= 11 is 0. The molecule has 5 nitrogen and oxygen atoms in total. The lowest BCUT2D eigenvalue weighted by molar-refractivity contribution is -0.135. The molecule has 1 amide bonds. The third-order valence-electron chi connectivity index (χ3n) is 4.12. The molecule has 1 aliphatic heterocycles. The van der Waals surface area contributed by atoms with Crippen molar-refractivity contribution in [1.29, 1.82) is 0 Å². The molecular weight excluding hydrogens is 292 g/mol. The maximum absolute atomic E-state index is 12.3. The average Bonchev–Trinajstić information content (AvgIpc) is 2.92. The lowest BCUT2D eigenvalue weighted by atomic mass is 9.97. The monoisotopic (exact) mass is 316 g/mol. The van der Waals surface area contributed by atoms with Crippen molar-refractivity contribution in [3.8, 4) is 0 Å². The Hall–Kier alpha value is -2.14. The van der Waals surface area contributed by atoms with E-state index in [2.05, 4.69) is 34.0 Å². The number of amides is 1. The van der Waals surface area contributed by atoms with Gasteiger partial charge in [0, 0.05) is 32.3 Å². The van der Waals surface area contributed by atoms with Crippen molar-refractivity contribution < 1.29 is 14.3 Å². The van der Waals surface area contributed by atoms with Crippen molar-refractivity contribution in [3.05, 3.63) is 48.0 Å². The molecule has 124 valence electrons. The number of methoxy groups -OCH3 is 1. The quantitative estimate of drug-likeness (QED) is 0.640. The summed E-state index contributed by atoms with van der Waals surface area (Å²) in [6, 6.07) is 10.3. The van der Waals surface area contributed by atoms with Crippen molar-refractivity contribution >= 4 is 11.9 Å². The van der Waals surface area contributed by atoms with Gasteiger partial charge in [-0.25, -0.2) is 4.79 Å². The predicted molar refractivity (Wildman–Crippen MR) is 88.5 cm³/mol. The van der Waals surface area contributed by atoms with Crippen LogP contribution in [0.1, 0.15) is 12.5 Å². The van der Waals surface area contributed by atoms with Gasteiger partial charge in [0.05, 0.1) is 13.0 Å². The third-order valence-corrected chi connectivity index (χ3v) is 4.12. The zero-order valence-electron chi connectivity index (χ0n) is 13.7. The van der Waals surface area contributed by atoms with E-state index in [1.165, 1.54) is 18.7 Å². The normalized spacial score (nSPS) is 21.5. The van der Waals surface area contributed by atoms with Crippen LogP contribution in [0.2, 0.25) is 0 Å². The Bertz CT molecular complexity index is 557. The first kappa shape index (κ1) is 17.2. The molecule has 1 N–H and O–H groups in total. The Labute approximate surface area is 137 Å². The van der Waals surface area contributed by atoms with Crippen LogP contribution >= 0.6 is 0 Å². The number of hydrogen-bond donors (Lipinski definition) is 1. The molecule has 1 fully saturated rings. The van der Waals surface area contributed by atoms with Crippen LogP contribution in [0.15, 0.2) is 42.5 Å². The van der Waals surface area contributed by atoms with Crippen molar-refractivity contribution in [2.24, 2.45) is 11.8 Å². The van der Waals surface area contributed by atoms with Gasteiger partial charge in [0.25, 0.3) is 0 Å². The number of hydrogen-bond acceptors (Lipinski definition) is 4. The minimum absolute atomic E-state index is 0.00904. The summed E-state index contributed by atoms with van der Waals surface area (Å²) in [5.41, 5.74) is 1.27. The Morgan fingerprint density at radius 1 is 1.30 bits per heavy atom. The summed E-state index contributed by atoms with van der Waals surface area (Å²) in [4.78, 5) is 25.5. The van der Waals surface area contributed by atoms with Crippen molar-refractivity contribution in [1.82, 2.24) is 10.2 Å². The number of benzene rings is 1. The molecule has 2 unspecified atom stereocenters. The molecule has 5 heteroatoms. The molecule has 1 heterocycles. The minimum Gasteiger partial charge on any atom is -0.466 e. The Kier molecular flexibility index (Phi) is 6.35. The second kappa shape index (κ2) is 8.48. The third kappa shape index (κ3) is 5.21. The largest absolute Gasteiger partial charge is 0.466 e. The van der Waals surface area contributed by atoms with Gasteiger partial charge < -0.3 is 10.1 Å². The van der Waals surface area contributed by atoms with Crippen LogP contribution in [-0.4, -0.2) is 43.5 Å². The number of carbonyl (C=O) groups is 2. The van der Waals surface area contributed by atoms with E-state index < -0.39 is 5.97 Å².